The van der Waals surface area contributed by atoms with Crippen LogP contribution in [0.3, 0.4) is 0 Å². The number of nitrogens with one attached hydrogen (secondary N) is 4. The predicted octanol–water partition coefficient (Wildman–Crippen LogP) is 2.03. The van der Waals surface area contributed by atoms with Gasteiger partial charge in [-0.25, -0.2) is 38.2 Å². The molecule has 0 unspecified atom stereocenters. The first-order valence-electron chi connectivity index (χ1n) is 20.2. The van der Waals surface area contributed by atoms with Crippen molar-refractivity contribution in [2.45, 2.75) is 156 Å². The minimum Gasteiger partial charge on any atom is -1.00 e. The summed E-state index contributed by atoms with van der Waals surface area (Å²) in [7, 11) is 2.97. The van der Waals surface area contributed by atoms with Gasteiger partial charge in [-0.05, 0) is 25.7 Å². The number of aryl methyl sites for hydroxylation is 8. The lowest BCUT2D eigenvalue weighted by Crippen LogP contribution is -3.00. The fourth-order valence-electron chi connectivity index (χ4n) is 5.62. The second-order valence-electron chi connectivity index (χ2n) is 13.8. The Kier molecular flexibility index (Phi) is 33.7. The van der Waals surface area contributed by atoms with Crippen LogP contribution in [0.25, 0.3) is 0 Å². The zero-order valence-electron chi connectivity index (χ0n) is 35.0. The lowest BCUT2D eigenvalue weighted by atomic mass is 10.1. The molecular weight excluding hydrogens is 706 g/mol. The number of rotatable bonds is 20. The zero-order valence-corrected chi connectivity index (χ0v) is 35.9. The van der Waals surface area contributed by atoms with E-state index in [4.69, 9.17) is 19.2 Å². The Morgan fingerprint density at radius 1 is 0.426 bits per heavy atom. The van der Waals surface area contributed by atoms with E-state index in [0.29, 0.717) is 0 Å². The first-order chi connectivity index (χ1) is 25.4. The molecule has 4 N–H and O–H groups in total. The Labute approximate surface area is 326 Å². The van der Waals surface area contributed by atoms with Crippen LogP contribution < -0.4 is 37.7 Å². The molecule has 54 heavy (non-hydrogen) atoms. The molecule has 12 nitrogen and oxygen atoms in total. The molecule has 0 atom stereocenters. The van der Waals surface area contributed by atoms with Crippen molar-refractivity contribution in [3.05, 3.63) is 72.9 Å². The third-order valence-electron chi connectivity index (χ3n) is 8.96. The van der Waals surface area contributed by atoms with Crippen molar-refractivity contribution in [1.29, 1.82) is 0 Å². The van der Waals surface area contributed by atoms with E-state index in [9.17, 15) is 0 Å². The fraction of sp³-hybridized carbons (Fsp3) is 0.700. The van der Waals surface area contributed by atoms with E-state index in [-0.39, 0.29) is 4.70 Å². The van der Waals surface area contributed by atoms with Crippen LogP contribution in [0.15, 0.2) is 49.6 Å². The molecule has 14 heteroatoms. The second kappa shape index (κ2) is 34.4. The number of hydrogen-bond acceptors (Lipinski definition) is 4. The summed E-state index contributed by atoms with van der Waals surface area (Å²) in [6.07, 6.45) is 42.4. The first kappa shape index (κ1) is 53.0. The van der Waals surface area contributed by atoms with Gasteiger partial charge < -0.3 is 23.9 Å². The Morgan fingerprint density at radius 2 is 0.611 bits per heavy atom. The summed E-state index contributed by atoms with van der Waals surface area (Å²) < 4.78 is 17.2. The van der Waals surface area contributed by atoms with Crippen LogP contribution in [0.2, 0.25) is 0 Å². The maximum Gasteiger partial charge on any atom is 0.253 e. The van der Waals surface area contributed by atoms with Crippen LogP contribution in [-0.4, -0.2) is 19.9 Å². The fourth-order valence-corrected chi connectivity index (χ4v) is 5.62. The molecule has 4 aromatic heterocycles. The van der Waals surface area contributed by atoms with Crippen LogP contribution in [0.5, 0.6) is 0 Å². The van der Waals surface area contributed by atoms with Gasteiger partial charge in [-0.15, -0.1) is 0 Å². The van der Waals surface area contributed by atoms with E-state index < -0.39 is 7.82 Å². The van der Waals surface area contributed by atoms with E-state index in [0.717, 1.165) is 0 Å². The highest BCUT2D eigenvalue weighted by molar-refractivity contribution is 7.40. The lowest BCUT2D eigenvalue weighted by Gasteiger charge is -2.36. The van der Waals surface area contributed by atoms with E-state index >= 15 is 0 Å². The van der Waals surface area contributed by atoms with Crippen molar-refractivity contribution in [3.8, 4) is 0 Å². The maximum atomic E-state index is 8.55. The third kappa shape index (κ3) is 30.2. The molecule has 0 saturated heterocycles. The molecule has 0 spiro atoms. The summed E-state index contributed by atoms with van der Waals surface area (Å²) in [6, 6.07) is 0. The number of aromatic nitrogens is 8. The first-order valence-corrected chi connectivity index (χ1v) is 21.6. The van der Waals surface area contributed by atoms with Crippen molar-refractivity contribution >= 4 is 7.82 Å². The molecule has 0 fully saturated rings. The minimum atomic E-state index is -5.39. The molecule has 0 saturated carbocycles. The van der Waals surface area contributed by atoms with Gasteiger partial charge in [-0.3, -0.25) is 0 Å². The average Bonchev–Trinajstić information content (AvgIpc) is 3.92. The Balaban J connectivity index is 0. The molecule has 4 rings (SSSR count). The second-order valence-corrected chi connectivity index (χ2v) is 14.7. The smallest absolute Gasteiger partial charge is 0.253 e. The topological polar surface area (TPSA) is 165 Å². The summed E-state index contributed by atoms with van der Waals surface area (Å²) in [4.78, 5) is 38.6. The summed E-state index contributed by atoms with van der Waals surface area (Å²) in [5.41, 5.74) is 0. The highest BCUT2D eigenvalue weighted by Gasteiger charge is 2.07. The molecule has 4 aromatic rings. The van der Waals surface area contributed by atoms with Gasteiger partial charge in [0.2, 0.25) is 0 Å². The molecule has 0 aliphatic rings. The van der Waals surface area contributed by atoms with Crippen molar-refractivity contribution in [2.24, 2.45) is 28.2 Å². The number of imidazole rings is 4. The monoisotopic (exact) mass is 783 g/mol. The molecular formula is C40H76FN8O4P. The Hall–Kier alpha value is -3.12. The summed E-state index contributed by atoms with van der Waals surface area (Å²) in [5, 5.41) is 0. The highest BCUT2D eigenvalue weighted by atomic mass is 31.2. The lowest BCUT2D eigenvalue weighted by molar-refractivity contribution is -0.678. The van der Waals surface area contributed by atoms with Crippen molar-refractivity contribution in [1.82, 2.24) is 19.9 Å². The number of aromatic amines is 4. The maximum absolute atomic E-state index is 8.55. The molecule has 0 radical (unpaired) electrons. The van der Waals surface area contributed by atoms with E-state index in [1.165, 1.54) is 152 Å². The zero-order chi connectivity index (χ0) is 39.7. The van der Waals surface area contributed by atoms with Crippen LogP contribution in [-0.2, 0) is 58.4 Å². The van der Waals surface area contributed by atoms with Crippen molar-refractivity contribution in [2.75, 3.05) is 0 Å². The van der Waals surface area contributed by atoms with Crippen molar-refractivity contribution < 1.29 is 42.2 Å². The minimum absolute atomic E-state index is 0. The standard InChI is InChI=1S/4C10H18N2.FH.H3O4P/c4*1-3-4-5-6-7-10-11-8-9-12(10)2;;1-5(2,3)4/h4*8-9H,3-7H2,1-2H3;1H;(H3,1,2,3,4). The average molecular weight is 783 g/mol. The number of H-pyrrole nitrogens is 4. The third-order valence-corrected chi connectivity index (χ3v) is 8.96. The normalized spacial score (nSPS) is 10.4. The Morgan fingerprint density at radius 3 is 0.741 bits per heavy atom. The van der Waals surface area contributed by atoms with Gasteiger partial charge >= 0.3 is 0 Å². The molecule has 4 heterocycles. The van der Waals surface area contributed by atoms with Crippen LogP contribution in [0.4, 0.5) is 0 Å². The van der Waals surface area contributed by atoms with Crippen LogP contribution in [0, 0.1) is 0 Å². The SMILES string of the molecule is CCCCCCc1[nH]cc[n+]1C.CCCCCCc1[nH]cc[n+]1C.CCCCCCc1[nH]cc[n+]1C.CCCCCCc1[nH]cc[n+]1C.O=P([O-])([O-])[O-].[F-]. The number of nitrogens with zero attached hydrogens (tertiary/aromatic N) is 4. The van der Waals surface area contributed by atoms with E-state index in [1.807, 2.05) is 24.8 Å². The van der Waals surface area contributed by atoms with Gasteiger partial charge in [0.1, 0.15) is 49.6 Å². The van der Waals surface area contributed by atoms with Gasteiger partial charge in [0.05, 0.1) is 28.2 Å². The van der Waals surface area contributed by atoms with Crippen molar-refractivity contribution in [3.63, 3.8) is 0 Å². The molecule has 312 valence electrons. The van der Waals surface area contributed by atoms with Crippen LogP contribution >= 0.6 is 7.82 Å². The van der Waals surface area contributed by atoms with Gasteiger partial charge in [0.15, 0.2) is 0 Å². The Bertz CT molecular complexity index is 1230. The summed E-state index contributed by atoms with van der Waals surface area (Å²) in [5.74, 6) is 5.36. The van der Waals surface area contributed by atoms with Gasteiger partial charge in [0, 0.05) is 25.7 Å². The van der Waals surface area contributed by atoms with E-state index in [2.05, 4.69) is 119 Å². The molecule has 0 aromatic carbocycles. The number of phosphoric acid groups is 1. The number of unbranched alkanes of at least 4 members (excludes halogenated alkanes) is 12. The van der Waals surface area contributed by atoms with E-state index in [1.54, 1.807) is 0 Å². The number of hydrogen-bond donors (Lipinski definition) is 4. The molecule has 0 aliphatic carbocycles. The predicted molar refractivity (Wildman–Crippen MR) is 207 cm³/mol. The van der Waals surface area contributed by atoms with Crippen LogP contribution in [0.1, 0.15) is 154 Å². The van der Waals surface area contributed by atoms with Gasteiger partial charge in [0.25, 0.3) is 23.3 Å². The quantitative estimate of drug-likeness (QED) is 0.0613. The number of halogens is 1. The van der Waals surface area contributed by atoms with Gasteiger partial charge in [-0.2, -0.15) is 7.82 Å². The molecule has 0 amide bonds. The summed E-state index contributed by atoms with van der Waals surface area (Å²) >= 11 is 0. The van der Waals surface area contributed by atoms with Gasteiger partial charge in [-0.1, -0.05) is 105 Å². The largest absolute Gasteiger partial charge is 1.00 e. The molecule has 0 aliphatic heterocycles. The summed E-state index contributed by atoms with van der Waals surface area (Å²) in [6.45, 7) is 8.98. The molecule has 0 bridgehead atoms. The highest BCUT2D eigenvalue weighted by Crippen LogP contribution is 2.05.